The van der Waals surface area contributed by atoms with Crippen LogP contribution in [-0.4, -0.2) is 16.1 Å². The molecule has 2 heterocycles. The molecule has 3 rings (SSSR count). The van der Waals surface area contributed by atoms with E-state index in [9.17, 15) is 4.79 Å². The number of rotatable bonds is 2. The van der Waals surface area contributed by atoms with Gasteiger partial charge in [-0.25, -0.2) is 0 Å². The molecule has 1 amide bonds. The van der Waals surface area contributed by atoms with E-state index in [0.717, 1.165) is 34.4 Å². The molecule has 2 aromatic rings. The lowest BCUT2D eigenvalue weighted by Gasteiger charge is -2.18. The molecule has 0 bridgehead atoms. The minimum absolute atomic E-state index is 0.0773. The molecule has 0 fully saturated rings. The van der Waals surface area contributed by atoms with Gasteiger partial charge in [0.25, 0.3) is 0 Å². The molecule has 0 atom stereocenters. The van der Waals surface area contributed by atoms with E-state index in [1.165, 1.54) is 0 Å². The Hall–Kier alpha value is -2.27. The van der Waals surface area contributed by atoms with Crippen molar-refractivity contribution in [2.75, 3.05) is 5.32 Å². The highest BCUT2D eigenvalue weighted by atomic mass is 16.1. The molecule has 0 unspecified atom stereocenters. The van der Waals surface area contributed by atoms with Gasteiger partial charge in [-0.05, 0) is 35.2 Å². The van der Waals surface area contributed by atoms with Crippen LogP contribution in [0.5, 0.6) is 0 Å². The van der Waals surface area contributed by atoms with Gasteiger partial charge in [0, 0.05) is 24.2 Å². The molecule has 0 saturated heterocycles. The molecule has 1 aromatic heterocycles. The Labute approximate surface area is 110 Å². The van der Waals surface area contributed by atoms with Crippen LogP contribution < -0.4 is 11.1 Å². The molecule has 1 aromatic carbocycles. The van der Waals surface area contributed by atoms with Crippen molar-refractivity contribution in [1.29, 1.82) is 0 Å². The lowest BCUT2D eigenvalue weighted by molar-refractivity contribution is -0.116. The highest BCUT2D eigenvalue weighted by Gasteiger charge is 2.15. The van der Waals surface area contributed by atoms with Gasteiger partial charge in [-0.15, -0.1) is 0 Å². The smallest absolute Gasteiger partial charge is 0.224 e. The van der Waals surface area contributed by atoms with Gasteiger partial charge in [0.2, 0.25) is 5.91 Å². The number of aryl methyl sites for hydroxylation is 1. The molecular formula is C14H14N4O. The minimum Gasteiger partial charge on any atom is -0.326 e. The fourth-order valence-corrected chi connectivity index (χ4v) is 2.32. The first-order valence-electron chi connectivity index (χ1n) is 6.20. The van der Waals surface area contributed by atoms with E-state index in [-0.39, 0.29) is 5.91 Å². The minimum atomic E-state index is 0.0773. The monoisotopic (exact) mass is 254 g/mol. The number of nitrogens with two attached hydrogens (primary N) is 1. The van der Waals surface area contributed by atoms with E-state index in [0.29, 0.717) is 13.0 Å². The van der Waals surface area contributed by atoms with Crippen molar-refractivity contribution in [2.24, 2.45) is 5.73 Å². The van der Waals surface area contributed by atoms with Gasteiger partial charge in [0.15, 0.2) is 0 Å². The molecule has 3 N–H and O–H groups in total. The average molecular weight is 254 g/mol. The maximum atomic E-state index is 11.3. The quantitative estimate of drug-likeness (QED) is 0.850. The van der Waals surface area contributed by atoms with E-state index >= 15 is 0 Å². The topological polar surface area (TPSA) is 80.9 Å². The largest absolute Gasteiger partial charge is 0.326 e. The summed E-state index contributed by atoms with van der Waals surface area (Å²) in [7, 11) is 0. The number of carbonyl (C=O) groups is 1. The van der Waals surface area contributed by atoms with Crippen molar-refractivity contribution in [3.63, 3.8) is 0 Å². The SMILES string of the molecule is NCc1cnncc1-c1ccc2c(c1)CCC(=O)N2. The summed E-state index contributed by atoms with van der Waals surface area (Å²) < 4.78 is 0. The lowest BCUT2D eigenvalue weighted by atomic mass is 9.96. The van der Waals surface area contributed by atoms with E-state index in [4.69, 9.17) is 5.73 Å². The third-order valence-electron chi connectivity index (χ3n) is 3.34. The zero-order valence-electron chi connectivity index (χ0n) is 10.4. The van der Waals surface area contributed by atoms with Crippen LogP contribution >= 0.6 is 0 Å². The van der Waals surface area contributed by atoms with Gasteiger partial charge in [-0.1, -0.05) is 6.07 Å². The maximum absolute atomic E-state index is 11.3. The maximum Gasteiger partial charge on any atom is 0.224 e. The normalized spacial score (nSPS) is 13.8. The summed E-state index contributed by atoms with van der Waals surface area (Å²) in [4.78, 5) is 11.3. The van der Waals surface area contributed by atoms with Crippen LogP contribution in [-0.2, 0) is 17.8 Å². The second kappa shape index (κ2) is 4.78. The summed E-state index contributed by atoms with van der Waals surface area (Å²) in [6.07, 6.45) is 4.72. The number of hydrogen-bond donors (Lipinski definition) is 2. The number of nitrogens with one attached hydrogen (secondary N) is 1. The fraction of sp³-hybridized carbons (Fsp3) is 0.214. The van der Waals surface area contributed by atoms with Gasteiger partial charge in [0.1, 0.15) is 0 Å². The van der Waals surface area contributed by atoms with Gasteiger partial charge in [0.05, 0.1) is 12.4 Å². The summed E-state index contributed by atoms with van der Waals surface area (Å²) in [6, 6.07) is 5.99. The molecule has 19 heavy (non-hydrogen) atoms. The molecule has 0 spiro atoms. The van der Waals surface area contributed by atoms with Crippen LogP contribution in [0.2, 0.25) is 0 Å². The van der Waals surface area contributed by atoms with Crippen LogP contribution in [0.3, 0.4) is 0 Å². The Bertz CT molecular complexity index is 639. The Balaban J connectivity index is 2.05. The first-order chi connectivity index (χ1) is 9.28. The van der Waals surface area contributed by atoms with Crippen molar-refractivity contribution in [3.05, 3.63) is 41.7 Å². The zero-order valence-corrected chi connectivity index (χ0v) is 10.4. The van der Waals surface area contributed by atoms with Gasteiger partial charge >= 0.3 is 0 Å². The van der Waals surface area contributed by atoms with Crippen molar-refractivity contribution >= 4 is 11.6 Å². The third-order valence-corrected chi connectivity index (χ3v) is 3.34. The number of fused-ring (bicyclic) bond motifs is 1. The van der Waals surface area contributed by atoms with Crippen molar-refractivity contribution in [3.8, 4) is 11.1 Å². The molecule has 0 saturated carbocycles. The highest BCUT2D eigenvalue weighted by molar-refractivity contribution is 5.94. The molecule has 5 nitrogen and oxygen atoms in total. The predicted octanol–water partition coefficient (Wildman–Crippen LogP) is 1.49. The van der Waals surface area contributed by atoms with E-state index < -0.39 is 0 Å². The molecule has 5 heteroatoms. The standard InChI is InChI=1S/C14H14N4O/c15-6-11-7-16-17-8-12(11)9-1-3-13-10(5-9)2-4-14(19)18-13/h1,3,5,7-8H,2,4,6,15H2,(H,18,19). The Morgan fingerprint density at radius 1 is 1.21 bits per heavy atom. The van der Waals surface area contributed by atoms with Gasteiger partial charge < -0.3 is 11.1 Å². The average Bonchev–Trinajstić information content (AvgIpc) is 2.46. The number of nitrogens with zero attached hydrogens (tertiary/aromatic N) is 2. The predicted molar refractivity (Wildman–Crippen MR) is 72.3 cm³/mol. The van der Waals surface area contributed by atoms with Crippen LogP contribution in [0.25, 0.3) is 11.1 Å². The summed E-state index contributed by atoms with van der Waals surface area (Å²) in [5.41, 5.74) is 10.8. The number of benzene rings is 1. The second-order valence-electron chi connectivity index (χ2n) is 4.55. The van der Waals surface area contributed by atoms with Crippen LogP contribution in [0.1, 0.15) is 17.5 Å². The van der Waals surface area contributed by atoms with E-state index in [1.807, 2.05) is 12.1 Å². The van der Waals surface area contributed by atoms with Crippen LogP contribution in [0.4, 0.5) is 5.69 Å². The zero-order chi connectivity index (χ0) is 13.2. The number of aromatic nitrogens is 2. The first kappa shape index (κ1) is 11.8. The summed E-state index contributed by atoms with van der Waals surface area (Å²) >= 11 is 0. The van der Waals surface area contributed by atoms with Crippen molar-refractivity contribution < 1.29 is 4.79 Å². The van der Waals surface area contributed by atoms with Crippen molar-refractivity contribution in [1.82, 2.24) is 10.2 Å². The molecular weight excluding hydrogens is 240 g/mol. The highest BCUT2D eigenvalue weighted by Crippen LogP contribution is 2.29. The number of carbonyl (C=O) groups excluding carboxylic acids is 1. The van der Waals surface area contributed by atoms with Gasteiger partial charge in [-0.2, -0.15) is 10.2 Å². The molecule has 0 aliphatic carbocycles. The van der Waals surface area contributed by atoms with Crippen molar-refractivity contribution in [2.45, 2.75) is 19.4 Å². The first-order valence-corrected chi connectivity index (χ1v) is 6.20. The molecule has 1 aliphatic heterocycles. The Kier molecular flexibility index (Phi) is 2.97. The number of anilines is 1. The number of amides is 1. The van der Waals surface area contributed by atoms with Gasteiger partial charge in [-0.3, -0.25) is 4.79 Å². The Morgan fingerprint density at radius 2 is 2.05 bits per heavy atom. The summed E-state index contributed by atoms with van der Waals surface area (Å²) in [5.74, 6) is 0.0773. The van der Waals surface area contributed by atoms with Crippen LogP contribution in [0, 0.1) is 0 Å². The molecule has 1 aliphatic rings. The number of hydrogen-bond acceptors (Lipinski definition) is 4. The third kappa shape index (κ3) is 2.20. The Morgan fingerprint density at radius 3 is 2.89 bits per heavy atom. The summed E-state index contributed by atoms with van der Waals surface area (Å²) in [5, 5.41) is 10.6. The van der Waals surface area contributed by atoms with Crippen LogP contribution in [0.15, 0.2) is 30.6 Å². The fourth-order valence-electron chi connectivity index (χ4n) is 2.32. The molecule has 0 radical (unpaired) electrons. The second-order valence-corrected chi connectivity index (χ2v) is 4.55. The lowest BCUT2D eigenvalue weighted by Crippen LogP contribution is -2.18. The van der Waals surface area contributed by atoms with E-state index in [2.05, 4.69) is 21.6 Å². The molecule has 96 valence electrons. The van der Waals surface area contributed by atoms with E-state index in [1.54, 1.807) is 12.4 Å². The summed E-state index contributed by atoms with van der Waals surface area (Å²) in [6.45, 7) is 0.429.